The number of hydrogen-bond donors (Lipinski definition) is 1. The number of benzene rings is 1. The fourth-order valence-corrected chi connectivity index (χ4v) is 2.25. The van der Waals surface area contributed by atoms with E-state index in [0.717, 1.165) is 16.9 Å². The second kappa shape index (κ2) is 6.01. The van der Waals surface area contributed by atoms with E-state index >= 15 is 0 Å². The molecule has 2 atom stereocenters. The second-order valence-corrected chi connectivity index (χ2v) is 5.48. The van der Waals surface area contributed by atoms with Gasteiger partial charge in [0.15, 0.2) is 0 Å². The van der Waals surface area contributed by atoms with Crippen LogP contribution in [-0.4, -0.2) is 17.1 Å². The summed E-state index contributed by atoms with van der Waals surface area (Å²) in [4.78, 5) is 0. The maximum Gasteiger partial charge on any atom is 0.123 e. The highest BCUT2D eigenvalue weighted by Crippen LogP contribution is 2.23. The third-order valence-electron chi connectivity index (χ3n) is 2.47. The Balaban J connectivity index is 3.02. The summed E-state index contributed by atoms with van der Waals surface area (Å²) >= 11 is 0. The molecule has 0 spiro atoms. The minimum atomic E-state index is -0.832. The molecule has 1 aromatic carbocycles. The molecule has 0 heterocycles. The van der Waals surface area contributed by atoms with Crippen LogP contribution in [0.25, 0.3) is 0 Å². The van der Waals surface area contributed by atoms with E-state index in [-0.39, 0.29) is 6.04 Å². The molecule has 0 saturated heterocycles. The van der Waals surface area contributed by atoms with Crippen molar-refractivity contribution in [2.45, 2.75) is 25.6 Å². The van der Waals surface area contributed by atoms with E-state index in [1.807, 2.05) is 32.0 Å². The first-order valence-corrected chi connectivity index (χ1v) is 6.84. The minimum absolute atomic E-state index is 0.0141. The van der Waals surface area contributed by atoms with E-state index < -0.39 is 10.8 Å². The third-order valence-corrected chi connectivity index (χ3v) is 3.75. The minimum Gasteiger partial charge on any atom is -0.496 e. The Morgan fingerprint density at radius 3 is 2.69 bits per heavy atom. The Bertz CT molecular complexity index is 377. The molecular weight excluding hydrogens is 222 g/mol. The van der Waals surface area contributed by atoms with E-state index in [9.17, 15) is 4.21 Å². The van der Waals surface area contributed by atoms with Gasteiger partial charge in [0.25, 0.3) is 0 Å². The van der Waals surface area contributed by atoms with Gasteiger partial charge in [0.05, 0.1) is 12.9 Å². The van der Waals surface area contributed by atoms with Gasteiger partial charge in [-0.15, -0.1) is 0 Å². The van der Waals surface area contributed by atoms with E-state index in [2.05, 4.69) is 0 Å². The van der Waals surface area contributed by atoms with E-state index in [0.29, 0.717) is 11.5 Å². The van der Waals surface area contributed by atoms with Crippen molar-refractivity contribution in [3.63, 3.8) is 0 Å². The monoisotopic (exact) mass is 241 g/mol. The summed E-state index contributed by atoms with van der Waals surface area (Å²) in [7, 11) is 0.792. The van der Waals surface area contributed by atoms with Crippen LogP contribution < -0.4 is 10.5 Å². The molecule has 2 unspecified atom stereocenters. The molecule has 0 fully saturated rings. The summed E-state index contributed by atoms with van der Waals surface area (Å²) < 4.78 is 16.8. The molecule has 90 valence electrons. The van der Waals surface area contributed by atoms with Crippen LogP contribution in [0.5, 0.6) is 5.75 Å². The molecule has 2 N–H and O–H groups in total. The molecule has 0 aliphatic rings. The van der Waals surface area contributed by atoms with Gasteiger partial charge in [-0.2, -0.15) is 0 Å². The second-order valence-electron chi connectivity index (χ2n) is 3.73. The zero-order chi connectivity index (χ0) is 12.1. The van der Waals surface area contributed by atoms with Gasteiger partial charge in [0.1, 0.15) is 5.75 Å². The molecule has 0 saturated carbocycles. The van der Waals surface area contributed by atoms with Crippen LogP contribution in [0.4, 0.5) is 0 Å². The molecule has 0 amide bonds. The van der Waals surface area contributed by atoms with Gasteiger partial charge in [-0.3, -0.25) is 4.21 Å². The standard InChI is InChI=1S/C12H19NO2S/c1-4-16(14)8-11-7-10(9(2)13)5-6-12(11)15-3/h5-7,9H,4,8,13H2,1-3H3. The molecule has 1 rings (SSSR count). The molecule has 3 nitrogen and oxygen atoms in total. The number of ether oxygens (including phenoxy) is 1. The normalized spacial score (nSPS) is 14.5. The van der Waals surface area contributed by atoms with E-state index in [4.69, 9.17) is 10.5 Å². The van der Waals surface area contributed by atoms with Crippen molar-refractivity contribution in [1.29, 1.82) is 0 Å². The van der Waals surface area contributed by atoms with Crippen LogP contribution in [0.15, 0.2) is 18.2 Å². The summed E-state index contributed by atoms with van der Waals surface area (Å²) in [5, 5.41) is 0. The quantitative estimate of drug-likeness (QED) is 0.857. The SMILES string of the molecule is CCS(=O)Cc1cc(C(C)N)ccc1OC. The molecule has 0 bridgehead atoms. The first-order chi connectivity index (χ1) is 7.58. The molecule has 0 aliphatic carbocycles. The summed E-state index contributed by atoms with van der Waals surface area (Å²) in [6.45, 7) is 3.85. The van der Waals surface area contributed by atoms with Crippen molar-refractivity contribution in [2.24, 2.45) is 5.73 Å². The number of hydrogen-bond acceptors (Lipinski definition) is 3. The lowest BCUT2D eigenvalue weighted by Crippen LogP contribution is -2.07. The Hall–Kier alpha value is -0.870. The average Bonchev–Trinajstić information content (AvgIpc) is 2.28. The highest BCUT2D eigenvalue weighted by molar-refractivity contribution is 7.84. The molecule has 0 aliphatic heterocycles. The first kappa shape index (κ1) is 13.2. The Morgan fingerprint density at radius 2 is 2.19 bits per heavy atom. The van der Waals surface area contributed by atoms with Crippen molar-refractivity contribution < 1.29 is 8.95 Å². The van der Waals surface area contributed by atoms with Crippen molar-refractivity contribution in [1.82, 2.24) is 0 Å². The van der Waals surface area contributed by atoms with Gasteiger partial charge in [-0.25, -0.2) is 0 Å². The van der Waals surface area contributed by atoms with Crippen molar-refractivity contribution >= 4 is 10.8 Å². The van der Waals surface area contributed by atoms with Crippen LogP contribution in [0.1, 0.15) is 31.0 Å². The zero-order valence-electron chi connectivity index (χ0n) is 10.0. The first-order valence-electron chi connectivity index (χ1n) is 5.35. The van der Waals surface area contributed by atoms with Crippen molar-refractivity contribution in [3.05, 3.63) is 29.3 Å². The largest absolute Gasteiger partial charge is 0.496 e. The fraction of sp³-hybridized carbons (Fsp3) is 0.500. The van der Waals surface area contributed by atoms with Crippen LogP contribution in [0.3, 0.4) is 0 Å². The van der Waals surface area contributed by atoms with Gasteiger partial charge in [-0.05, 0) is 24.6 Å². The van der Waals surface area contributed by atoms with E-state index in [1.165, 1.54) is 0 Å². The number of methoxy groups -OCH3 is 1. The fourth-order valence-electron chi connectivity index (χ4n) is 1.47. The third kappa shape index (κ3) is 3.32. The smallest absolute Gasteiger partial charge is 0.123 e. The van der Waals surface area contributed by atoms with Gasteiger partial charge in [0.2, 0.25) is 0 Å². The number of nitrogens with two attached hydrogens (primary N) is 1. The summed E-state index contributed by atoms with van der Waals surface area (Å²) in [6, 6.07) is 5.81. The molecule has 0 aromatic heterocycles. The highest BCUT2D eigenvalue weighted by atomic mass is 32.2. The van der Waals surface area contributed by atoms with Crippen molar-refractivity contribution in [2.75, 3.05) is 12.9 Å². The van der Waals surface area contributed by atoms with Crippen LogP contribution in [0, 0.1) is 0 Å². The molecule has 0 radical (unpaired) electrons. The van der Waals surface area contributed by atoms with Gasteiger partial charge in [-0.1, -0.05) is 13.0 Å². The zero-order valence-corrected chi connectivity index (χ0v) is 10.8. The maximum atomic E-state index is 11.6. The Morgan fingerprint density at radius 1 is 1.50 bits per heavy atom. The maximum absolute atomic E-state index is 11.6. The van der Waals surface area contributed by atoms with Gasteiger partial charge in [0, 0.05) is 28.2 Å². The lowest BCUT2D eigenvalue weighted by molar-refractivity contribution is 0.411. The van der Waals surface area contributed by atoms with Gasteiger partial charge >= 0.3 is 0 Å². The number of rotatable bonds is 5. The average molecular weight is 241 g/mol. The van der Waals surface area contributed by atoms with Gasteiger partial charge < -0.3 is 10.5 Å². The van der Waals surface area contributed by atoms with Crippen LogP contribution >= 0.6 is 0 Å². The lowest BCUT2D eigenvalue weighted by Gasteiger charge is -2.12. The predicted molar refractivity (Wildman–Crippen MR) is 68.0 cm³/mol. The Labute approximate surface area is 99.4 Å². The molecular formula is C12H19NO2S. The molecule has 16 heavy (non-hydrogen) atoms. The summed E-state index contributed by atoms with van der Waals surface area (Å²) in [5.41, 5.74) is 7.84. The van der Waals surface area contributed by atoms with Crippen LogP contribution in [-0.2, 0) is 16.6 Å². The van der Waals surface area contributed by atoms with Crippen molar-refractivity contribution in [3.8, 4) is 5.75 Å². The molecule has 1 aromatic rings. The highest BCUT2D eigenvalue weighted by Gasteiger charge is 2.09. The lowest BCUT2D eigenvalue weighted by atomic mass is 10.1. The molecule has 4 heteroatoms. The summed E-state index contributed by atoms with van der Waals surface area (Å²) in [6.07, 6.45) is 0. The van der Waals surface area contributed by atoms with Crippen LogP contribution in [0.2, 0.25) is 0 Å². The topological polar surface area (TPSA) is 52.3 Å². The summed E-state index contributed by atoms with van der Waals surface area (Å²) in [5.74, 6) is 1.97. The Kier molecular flexibility index (Phi) is 4.96. The predicted octanol–water partition coefficient (Wildman–Crippen LogP) is 1.98. The van der Waals surface area contributed by atoms with E-state index in [1.54, 1.807) is 7.11 Å².